The second kappa shape index (κ2) is 5.06. The predicted octanol–water partition coefficient (Wildman–Crippen LogP) is 3.95. The molecule has 20 heavy (non-hydrogen) atoms. The molecule has 1 aromatic heterocycles. The maximum Gasteiger partial charge on any atom is 0.134 e. The van der Waals surface area contributed by atoms with Crippen molar-refractivity contribution in [1.82, 2.24) is 0 Å². The van der Waals surface area contributed by atoms with Crippen LogP contribution in [0.5, 0.6) is 0 Å². The second-order valence-corrected chi connectivity index (χ2v) is 4.77. The molecule has 1 atom stereocenters. The van der Waals surface area contributed by atoms with Gasteiger partial charge < -0.3 is 10.2 Å². The summed E-state index contributed by atoms with van der Waals surface area (Å²) in [6.07, 6.45) is 0.458. The lowest BCUT2D eigenvalue weighted by atomic mass is 10.0. The van der Waals surface area contributed by atoms with Gasteiger partial charge in [-0.2, -0.15) is 0 Å². The Balaban J connectivity index is 1.86. The monoisotopic (exact) mass is 273 g/mol. The van der Waals surface area contributed by atoms with Crippen LogP contribution in [0.15, 0.2) is 52.9 Å². The average Bonchev–Trinajstić information content (AvgIpc) is 2.81. The lowest BCUT2D eigenvalue weighted by molar-refractivity contribution is 0.493. The third-order valence-electron chi connectivity index (χ3n) is 3.21. The number of rotatable bonds is 3. The van der Waals surface area contributed by atoms with E-state index in [1.54, 1.807) is 18.2 Å². The summed E-state index contributed by atoms with van der Waals surface area (Å²) in [6.45, 7) is 0. The molecule has 102 valence electrons. The fourth-order valence-corrected chi connectivity index (χ4v) is 2.24. The zero-order chi connectivity index (χ0) is 14.1. The molecular weight excluding hydrogens is 260 g/mol. The highest BCUT2D eigenvalue weighted by molar-refractivity contribution is 5.78. The molecule has 2 N–H and O–H groups in total. The number of fused-ring (bicyclic) bond motifs is 1. The molecule has 4 heteroatoms. The molecule has 0 spiro atoms. The van der Waals surface area contributed by atoms with E-state index in [1.807, 2.05) is 6.07 Å². The van der Waals surface area contributed by atoms with Crippen LogP contribution in [0, 0.1) is 11.6 Å². The Bertz CT molecular complexity index is 751. The van der Waals surface area contributed by atoms with E-state index in [0.29, 0.717) is 23.2 Å². The summed E-state index contributed by atoms with van der Waals surface area (Å²) in [5, 5.41) is 0.676. The van der Waals surface area contributed by atoms with E-state index >= 15 is 0 Å². The number of hydrogen-bond acceptors (Lipinski definition) is 2. The Labute approximate surface area is 114 Å². The van der Waals surface area contributed by atoms with Gasteiger partial charge in [0, 0.05) is 5.39 Å². The van der Waals surface area contributed by atoms with Crippen LogP contribution in [0.3, 0.4) is 0 Å². The molecule has 0 amide bonds. The van der Waals surface area contributed by atoms with E-state index in [4.69, 9.17) is 10.2 Å². The molecule has 0 aliphatic carbocycles. The third-order valence-corrected chi connectivity index (χ3v) is 3.21. The van der Waals surface area contributed by atoms with Crippen molar-refractivity contribution in [1.29, 1.82) is 0 Å². The summed E-state index contributed by atoms with van der Waals surface area (Å²) < 4.78 is 31.9. The summed E-state index contributed by atoms with van der Waals surface area (Å²) in [5.41, 5.74) is 7.46. The van der Waals surface area contributed by atoms with Crippen molar-refractivity contribution in [3.8, 4) is 0 Å². The minimum atomic E-state index is -0.396. The van der Waals surface area contributed by atoms with Gasteiger partial charge in [-0.3, -0.25) is 0 Å². The predicted molar refractivity (Wildman–Crippen MR) is 73.2 cm³/mol. The molecule has 0 fully saturated rings. The molecule has 2 nitrogen and oxygen atoms in total. The lowest BCUT2D eigenvalue weighted by Crippen LogP contribution is -2.12. The average molecular weight is 273 g/mol. The first-order valence-electron chi connectivity index (χ1n) is 6.31. The zero-order valence-corrected chi connectivity index (χ0v) is 10.6. The van der Waals surface area contributed by atoms with Gasteiger partial charge in [0.2, 0.25) is 0 Å². The van der Waals surface area contributed by atoms with Crippen LogP contribution >= 0.6 is 0 Å². The van der Waals surface area contributed by atoms with Crippen molar-refractivity contribution in [2.75, 3.05) is 0 Å². The fourth-order valence-electron chi connectivity index (χ4n) is 2.24. The molecular formula is C16H13F2NO. The van der Waals surface area contributed by atoms with Gasteiger partial charge in [0.05, 0.1) is 6.04 Å². The second-order valence-electron chi connectivity index (χ2n) is 4.77. The van der Waals surface area contributed by atoms with Gasteiger partial charge in [-0.05, 0) is 48.4 Å². The van der Waals surface area contributed by atoms with Gasteiger partial charge in [0.1, 0.15) is 23.0 Å². The minimum Gasteiger partial charge on any atom is -0.459 e. The van der Waals surface area contributed by atoms with Crippen LogP contribution in [0.4, 0.5) is 8.78 Å². The first kappa shape index (κ1) is 12.8. The van der Waals surface area contributed by atoms with E-state index in [9.17, 15) is 8.78 Å². The zero-order valence-electron chi connectivity index (χ0n) is 10.6. The molecule has 0 bridgehead atoms. The fraction of sp³-hybridized carbons (Fsp3) is 0.125. The van der Waals surface area contributed by atoms with Crippen LogP contribution in [0.1, 0.15) is 17.4 Å². The third kappa shape index (κ3) is 2.56. The molecule has 1 unspecified atom stereocenters. The first-order valence-corrected chi connectivity index (χ1v) is 6.31. The highest BCUT2D eigenvalue weighted by atomic mass is 19.1. The maximum atomic E-state index is 13.1. The van der Waals surface area contributed by atoms with E-state index < -0.39 is 6.04 Å². The van der Waals surface area contributed by atoms with E-state index in [-0.39, 0.29) is 11.6 Å². The number of halogens is 2. The molecule has 0 saturated heterocycles. The van der Waals surface area contributed by atoms with Crippen LogP contribution in [-0.4, -0.2) is 0 Å². The summed E-state index contributed by atoms with van der Waals surface area (Å²) >= 11 is 0. The van der Waals surface area contributed by atoms with Gasteiger partial charge >= 0.3 is 0 Å². The Morgan fingerprint density at radius 2 is 1.80 bits per heavy atom. The quantitative estimate of drug-likeness (QED) is 0.784. The summed E-state index contributed by atoms with van der Waals surface area (Å²) in [5.74, 6) is -0.0419. The highest BCUT2D eigenvalue weighted by Gasteiger charge is 2.13. The van der Waals surface area contributed by atoms with Crippen molar-refractivity contribution in [3.63, 3.8) is 0 Å². The van der Waals surface area contributed by atoms with Crippen molar-refractivity contribution >= 4 is 11.0 Å². The normalized spacial score (nSPS) is 12.8. The molecule has 2 aromatic carbocycles. The number of benzene rings is 2. The van der Waals surface area contributed by atoms with Crippen molar-refractivity contribution < 1.29 is 13.2 Å². The number of furan rings is 1. The van der Waals surface area contributed by atoms with Crippen molar-refractivity contribution in [3.05, 3.63) is 71.5 Å². The Kier molecular flexibility index (Phi) is 3.24. The Morgan fingerprint density at radius 3 is 2.60 bits per heavy atom. The van der Waals surface area contributed by atoms with Gasteiger partial charge in [-0.25, -0.2) is 8.78 Å². The van der Waals surface area contributed by atoms with Crippen LogP contribution < -0.4 is 5.73 Å². The van der Waals surface area contributed by atoms with E-state index in [0.717, 1.165) is 5.56 Å². The lowest BCUT2D eigenvalue weighted by Gasteiger charge is -2.08. The summed E-state index contributed by atoms with van der Waals surface area (Å²) in [6, 6.07) is 11.9. The van der Waals surface area contributed by atoms with Crippen LogP contribution in [0.2, 0.25) is 0 Å². The molecule has 3 rings (SSSR count). The first-order chi connectivity index (χ1) is 9.61. The van der Waals surface area contributed by atoms with Gasteiger partial charge in [0.15, 0.2) is 0 Å². The van der Waals surface area contributed by atoms with Crippen molar-refractivity contribution in [2.45, 2.75) is 12.5 Å². The Hall–Kier alpha value is -2.20. The van der Waals surface area contributed by atoms with E-state index in [1.165, 1.54) is 24.3 Å². The smallest absolute Gasteiger partial charge is 0.134 e. The number of hydrogen-bond donors (Lipinski definition) is 1. The molecule has 1 heterocycles. The van der Waals surface area contributed by atoms with Crippen LogP contribution in [0.25, 0.3) is 11.0 Å². The number of nitrogens with two attached hydrogens (primary N) is 1. The highest BCUT2D eigenvalue weighted by Crippen LogP contribution is 2.25. The largest absolute Gasteiger partial charge is 0.459 e. The molecule has 0 aliphatic heterocycles. The van der Waals surface area contributed by atoms with Crippen LogP contribution in [-0.2, 0) is 6.42 Å². The van der Waals surface area contributed by atoms with E-state index in [2.05, 4.69) is 0 Å². The minimum absolute atomic E-state index is 0.290. The van der Waals surface area contributed by atoms with Gasteiger partial charge in [-0.1, -0.05) is 12.1 Å². The topological polar surface area (TPSA) is 39.2 Å². The summed E-state index contributed by atoms with van der Waals surface area (Å²) in [4.78, 5) is 0. The van der Waals surface area contributed by atoms with Gasteiger partial charge in [-0.15, -0.1) is 0 Å². The molecule has 0 saturated carbocycles. The molecule has 0 radical (unpaired) electrons. The maximum absolute atomic E-state index is 13.1. The Morgan fingerprint density at radius 1 is 1.00 bits per heavy atom. The van der Waals surface area contributed by atoms with Gasteiger partial charge in [0.25, 0.3) is 0 Å². The standard InChI is InChI=1S/C16H13F2NO/c17-12-3-1-2-10(6-12)7-14(19)16-9-11-8-13(18)4-5-15(11)20-16/h1-6,8-9,14H,7,19H2. The molecule has 3 aromatic rings. The summed E-state index contributed by atoms with van der Waals surface area (Å²) in [7, 11) is 0. The van der Waals surface area contributed by atoms with Crippen molar-refractivity contribution in [2.24, 2.45) is 5.73 Å². The molecule has 0 aliphatic rings. The SMILES string of the molecule is NC(Cc1cccc(F)c1)c1cc2cc(F)ccc2o1.